The molecule has 6 nitrogen and oxygen atoms in total. The van der Waals surface area contributed by atoms with Gasteiger partial charge in [-0.05, 0) is 30.0 Å². The number of rotatable bonds is 6. The summed E-state index contributed by atoms with van der Waals surface area (Å²) in [6.45, 7) is 2.70. The number of fused-ring (bicyclic) bond motifs is 1. The van der Waals surface area contributed by atoms with Crippen molar-refractivity contribution in [1.82, 2.24) is 14.7 Å². The number of nitrogens with one attached hydrogen (secondary N) is 2. The van der Waals surface area contributed by atoms with Crippen LogP contribution in [0, 0.1) is 6.92 Å². The third-order valence-corrected chi connectivity index (χ3v) is 6.19. The molecule has 3 aromatic rings. The van der Waals surface area contributed by atoms with Crippen molar-refractivity contribution in [2.24, 2.45) is 0 Å². The first-order valence-corrected chi connectivity index (χ1v) is 9.41. The molecular weight excluding hydrogens is 332 g/mol. The van der Waals surface area contributed by atoms with E-state index in [0.717, 1.165) is 16.5 Å². The van der Waals surface area contributed by atoms with Crippen molar-refractivity contribution in [3.05, 3.63) is 47.6 Å². The van der Waals surface area contributed by atoms with E-state index in [2.05, 4.69) is 20.0 Å². The zero-order chi connectivity index (χ0) is 16.3. The number of sulfonamides is 1. The largest absolute Gasteiger partial charge is 0.368 e. The highest BCUT2D eigenvalue weighted by atomic mass is 32.2. The molecule has 0 spiro atoms. The molecule has 2 aromatic heterocycles. The van der Waals surface area contributed by atoms with Crippen molar-refractivity contribution < 1.29 is 8.42 Å². The third-order valence-electron chi connectivity index (χ3n) is 3.34. The van der Waals surface area contributed by atoms with E-state index in [0.29, 0.717) is 16.6 Å². The van der Waals surface area contributed by atoms with Gasteiger partial charge < -0.3 is 5.32 Å². The SMILES string of the molecule is Cc1cccc2c(NCCNS(=O)(=O)c3cccs3)ncnc12. The smallest absolute Gasteiger partial charge is 0.250 e. The van der Waals surface area contributed by atoms with E-state index in [-0.39, 0.29) is 6.54 Å². The zero-order valence-electron chi connectivity index (χ0n) is 12.5. The molecule has 0 amide bonds. The monoisotopic (exact) mass is 348 g/mol. The fraction of sp³-hybridized carbons (Fsp3) is 0.200. The number of hydrogen-bond donors (Lipinski definition) is 2. The normalized spacial score (nSPS) is 11.7. The number of anilines is 1. The molecule has 2 N–H and O–H groups in total. The Morgan fingerprint density at radius 2 is 2.00 bits per heavy atom. The second-order valence-electron chi connectivity index (χ2n) is 4.95. The molecule has 8 heteroatoms. The minimum Gasteiger partial charge on any atom is -0.368 e. The van der Waals surface area contributed by atoms with Crippen LogP contribution in [0.3, 0.4) is 0 Å². The van der Waals surface area contributed by atoms with Crippen molar-refractivity contribution in [3.63, 3.8) is 0 Å². The molecule has 0 saturated carbocycles. The molecule has 0 fully saturated rings. The van der Waals surface area contributed by atoms with Crippen LogP contribution in [0.2, 0.25) is 0 Å². The van der Waals surface area contributed by atoms with Gasteiger partial charge in [-0.2, -0.15) is 0 Å². The molecule has 23 heavy (non-hydrogen) atoms. The number of hydrogen-bond acceptors (Lipinski definition) is 6. The zero-order valence-corrected chi connectivity index (χ0v) is 14.1. The van der Waals surface area contributed by atoms with E-state index < -0.39 is 10.0 Å². The predicted octanol–water partition coefficient (Wildman–Crippen LogP) is 2.39. The van der Waals surface area contributed by atoms with E-state index in [9.17, 15) is 8.42 Å². The Labute approximate surface area is 138 Å². The molecule has 0 radical (unpaired) electrons. The van der Waals surface area contributed by atoms with Crippen molar-refractivity contribution >= 4 is 38.1 Å². The number of para-hydroxylation sites is 1. The van der Waals surface area contributed by atoms with Crippen molar-refractivity contribution in [2.45, 2.75) is 11.1 Å². The summed E-state index contributed by atoms with van der Waals surface area (Å²) in [5.74, 6) is 0.703. The summed E-state index contributed by atoms with van der Waals surface area (Å²) in [6.07, 6.45) is 1.51. The molecule has 0 atom stereocenters. The Morgan fingerprint density at radius 1 is 1.13 bits per heavy atom. The van der Waals surface area contributed by atoms with Crippen LogP contribution >= 0.6 is 11.3 Å². The van der Waals surface area contributed by atoms with Crippen LogP contribution in [-0.4, -0.2) is 31.5 Å². The molecule has 0 aliphatic heterocycles. The predicted molar refractivity (Wildman–Crippen MR) is 92.3 cm³/mol. The summed E-state index contributed by atoms with van der Waals surface area (Å²) < 4.78 is 26.9. The average Bonchev–Trinajstić information content (AvgIpc) is 3.08. The number of thiophene rings is 1. The quantitative estimate of drug-likeness (QED) is 0.668. The van der Waals surface area contributed by atoms with Gasteiger partial charge in [0.2, 0.25) is 10.0 Å². The number of benzene rings is 1. The van der Waals surface area contributed by atoms with Crippen LogP contribution in [0.1, 0.15) is 5.56 Å². The van der Waals surface area contributed by atoms with Crippen LogP contribution < -0.4 is 10.0 Å². The first kappa shape index (κ1) is 15.9. The number of aryl methyl sites for hydroxylation is 1. The van der Waals surface area contributed by atoms with Crippen LogP contribution in [0.15, 0.2) is 46.2 Å². The van der Waals surface area contributed by atoms with Gasteiger partial charge in [-0.3, -0.25) is 0 Å². The standard InChI is InChI=1S/C15H16N4O2S2/c1-11-4-2-5-12-14(11)17-10-18-15(12)16-7-8-19-23(20,21)13-6-3-9-22-13/h2-6,9-10,19H,7-8H2,1H3,(H,16,17,18). The topological polar surface area (TPSA) is 84.0 Å². The molecule has 2 heterocycles. The van der Waals surface area contributed by atoms with E-state index in [1.54, 1.807) is 17.5 Å². The van der Waals surface area contributed by atoms with Crippen LogP contribution in [0.5, 0.6) is 0 Å². The van der Waals surface area contributed by atoms with Gasteiger partial charge in [-0.25, -0.2) is 23.1 Å². The van der Waals surface area contributed by atoms with E-state index in [1.165, 1.54) is 17.7 Å². The second kappa shape index (κ2) is 6.61. The van der Waals surface area contributed by atoms with E-state index in [4.69, 9.17) is 0 Å². The van der Waals surface area contributed by atoms with Crippen LogP contribution in [0.25, 0.3) is 10.9 Å². The number of aromatic nitrogens is 2. The lowest BCUT2D eigenvalue weighted by Gasteiger charge is -2.10. The lowest BCUT2D eigenvalue weighted by Crippen LogP contribution is -2.28. The van der Waals surface area contributed by atoms with Gasteiger partial charge in [0.1, 0.15) is 16.4 Å². The lowest BCUT2D eigenvalue weighted by atomic mass is 10.1. The molecular formula is C15H16N4O2S2. The van der Waals surface area contributed by atoms with E-state index in [1.807, 2.05) is 25.1 Å². The summed E-state index contributed by atoms with van der Waals surface area (Å²) >= 11 is 1.20. The Morgan fingerprint density at radius 3 is 2.78 bits per heavy atom. The molecule has 0 aliphatic carbocycles. The maximum atomic E-state index is 12.0. The summed E-state index contributed by atoms with van der Waals surface area (Å²) in [4.78, 5) is 8.52. The Hall–Kier alpha value is -2.03. The fourth-order valence-corrected chi connectivity index (χ4v) is 4.30. The third kappa shape index (κ3) is 3.49. The highest BCUT2D eigenvalue weighted by Crippen LogP contribution is 2.21. The highest BCUT2D eigenvalue weighted by Gasteiger charge is 2.14. The maximum Gasteiger partial charge on any atom is 0.250 e. The first-order chi connectivity index (χ1) is 11.1. The van der Waals surface area contributed by atoms with Gasteiger partial charge in [0.25, 0.3) is 0 Å². The van der Waals surface area contributed by atoms with Crippen LogP contribution in [-0.2, 0) is 10.0 Å². The lowest BCUT2D eigenvalue weighted by molar-refractivity contribution is 0.585. The van der Waals surface area contributed by atoms with Crippen molar-refractivity contribution in [3.8, 4) is 0 Å². The van der Waals surface area contributed by atoms with E-state index >= 15 is 0 Å². The van der Waals surface area contributed by atoms with Gasteiger partial charge in [-0.15, -0.1) is 11.3 Å². The van der Waals surface area contributed by atoms with Gasteiger partial charge in [0.05, 0.1) is 5.52 Å². The maximum absolute atomic E-state index is 12.0. The summed E-state index contributed by atoms with van der Waals surface area (Å²) in [5, 5.41) is 5.82. The second-order valence-corrected chi connectivity index (χ2v) is 7.89. The molecule has 0 bridgehead atoms. The minimum atomic E-state index is -3.42. The Balaban J connectivity index is 1.65. The summed E-state index contributed by atoms with van der Waals surface area (Å²) in [5.41, 5.74) is 1.97. The first-order valence-electron chi connectivity index (χ1n) is 7.05. The Kier molecular flexibility index (Phi) is 4.56. The molecule has 120 valence electrons. The van der Waals surface area contributed by atoms with Crippen molar-refractivity contribution in [2.75, 3.05) is 18.4 Å². The summed E-state index contributed by atoms with van der Waals surface area (Å²) in [7, 11) is -3.42. The average molecular weight is 348 g/mol. The molecule has 0 unspecified atom stereocenters. The van der Waals surface area contributed by atoms with Gasteiger partial charge in [0.15, 0.2) is 0 Å². The summed E-state index contributed by atoms with van der Waals surface area (Å²) in [6, 6.07) is 9.19. The number of nitrogens with zero attached hydrogens (tertiary/aromatic N) is 2. The Bertz CT molecular complexity index is 908. The molecule has 0 aliphatic rings. The highest BCUT2D eigenvalue weighted by molar-refractivity contribution is 7.91. The van der Waals surface area contributed by atoms with Crippen molar-refractivity contribution in [1.29, 1.82) is 0 Å². The molecule has 3 rings (SSSR count). The van der Waals surface area contributed by atoms with Gasteiger partial charge >= 0.3 is 0 Å². The molecule has 0 saturated heterocycles. The van der Waals surface area contributed by atoms with Crippen LogP contribution in [0.4, 0.5) is 5.82 Å². The van der Waals surface area contributed by atoms with Gasteiger partial charge in [0, 0.05) is 18.5 Å². The fourth-order valence-electron chi connectivity index (χ4n) is 2.23. The van der Waals surface area contributed by atoms with Gasteiger partial charge in [-0.1, -0.05) is 18.2 Å². The molecule has 1 aromatic carbocycles. The minimum absolute atomic E-state index is 0.275.